The number of hydrogen-bond acceptors (Lipinski definition) is 4. The van der Waals surface area contributed by atoms with Gasteiger partial charge in [-0.15, -0.1) is 0 Å². The minimum atomic E-state index is -2.97. The maximum atomic E-state index is 13.1. The van der Waals surface area contributed by atoms with Gasteiger partial charge in [0, 0.05) is 0 Å². The molecule has 0 aliphatic rings. The Labute approximate surface area is 192 Å². The van der Waals surface area contributed by atoms with Crippen LogP contribution in [0, 0.1) is 0 Å². The van der Waals surface area contributed by atoms with Crippen molar-refractivity contribution in [3.05, 3.63) is 84.4 Å². The van der Waals surface area contributed by atoms with Gasteiger partial charge in [-0.2, -0.15) is 0 Å². The monoisotopic (exact) mass is 448 g/mol. The fraction of sp³-hybridized carbons (Fsp3) is 0.296. The largest absolute Gasteiger partial charge is 0.533 e. The highest BCUT2D eigenvalue weighted by molar-refractivity contribution is 7.00. The molecule has 0 aliphatic carbocycles. The predicted molar refractivity (Wildman–Crippen MR) is 132 cm³/mol. The molecule has 0 fully saturated rings. The van der Waals surface area contributed by atoms with Crippen LogP contribution in [0.15, 0.2) is 78.9 Å². The summed E-state index contributed by atoms with van der Waals surface area (Å²) in [4.78, 5) is 13.1. The third kappa shape index (κ3) is 4.73. The van der Waals surface area contributed by atoms with Crippen LogP contribution in [0.2, 0.25) is 5.04 Å². The average molecular weight is 449 g/mol. The molecule has 168 valence electrons. The molecule has 0 atom stereocenters. The lowest BCUT2D eigenvalue weighted by Crippen LogP contribution is -2.69. The third-order valence-corrected chi connectivity index (χ3v) is 10.2. The quantitative estimate of drug-likeness (QED) is 0.426. The number of rotatable bonds is 5. The van der Waals surface area contributed by atoms with Gasteiger partial charge in [0.05, 0.1) is 0 Å². The molecule has 0 bridgehead atoms. The van der Waals surface area contributed by atoms with E-state index in [1.165, 1.54) is 6.07 Å². The highest BCUT2D eigenvalue weighted by Gasteiger charge is 2.52. The van der Waals surface area contributed by atoms with E-state index in [2.05, 4.69) is 45.0 Å². The molecule has 0 aliphatic heterocycles. The van der Waals surface area contributed by atoms with Crippen LogP contribution in [-0.4, -0.2) is 25.0 Å². The first-order valence-electron chi connectivity index (χ1n) is 10.8. The van der Waals surface area contributed by atoms with E-state index in [1.54, 1.807) is 32.9 Å². The zero-order valence-corrected chi connectivity index (χ0v) is 20.7. The Kier molecular flexibility index (Phi) is 6.51. The molecule has 0 radical (unpaired) electrons. The van der Waals surface area contributed by atoms with Gasteiger partial charge >= 0.3 is 14.3 Å². The van der Waals surface area contributed by atoms with Crippen LogP contribution in [-0.2, 0) is 4.74 Å². The Hall–Kier alpha value is -3.05. The van der Waals surface area contributed by atoms with Gasteiger partial charge in [-0.05, 0) is 48.3 Å². The molecule has 0 saturated heterocycles. The summed E-state index contributed by atoms with van der Waals surface area (Å²) in [7, 11) is -2.97. The van der Waals surface area contributed by atoms with Crippen LogP contribution in [0.4, 0.5) is 0 Å². The molecule has 3 aromatic rings. The molecule has 5 heteroatoms. The van der Waals surface area contributed by atoms with Crippen LogP contribution in [0.3, 0.4) is 0 Å². The summed E-state index contributed by atoms with van der Waals surface area (Å²) >= 11 is 0. The zero-order valence-electron chi connectivity index (χ0n) is 19.7. The molecule has 0 spiro atoms. The van der Waals surface area contributed by atoms with E-state index in [9.17, 15) is 9.90 Å². The lowest BCUT2D eigenvalue weighted by Gasteiger charge is -2.43. The molecule has 32 heavy (non-hydrogen) atoms. The maximum absolute atomic E-state index is 13.1. The second-order valence-electron chi connectivity index (χ2n) is 9.92. The normalized spacial score (nSPS) is 12.3. The molecule has 3 rings (SSSR count). The summed E-state index contributed by atoms with van der Waals surface area (Å²) in [6.07, 6.45) is 0. The second-order valence-corrected chi connectivity index (χ2v) is 14.1. The van der Waals surface area contributed by atoms with Crippen molar-refractivity contribution < 1.29 is 19.1 Å². The van der Waals surface area contributed by atoms with E-state index in [-0.39, 0.29) is 16.4 Å². The number of ether oxygens (including phenoxy) is 1. The topological polar surface area (TPSA) is 55.8 Å². The number of phenols is 1. The van der Waals surface area contributed by atoms with E-state index >= 15 is 0 Å². The van der Waals surface area contributed by atoms with Crippen LogP contribution in [0.1, 0.15) is 51.9 Å². The molecular formula is C27H32O4Si. The minimum absolute atomic E-state index is 0.0513. The Morgan fingerprint density at radius 2 is 1.25 bits per heavy atom. The van der Waals surface area contributed by atoms with E-state index in [0.717, 1.165) is 10.4 Å². The first-order valence-corrected chi connectivity index (χ1v) is 12.7. The van der Waals surface area contributed by atoms with Crippen LogP contribution < -0.4 is 14.8 Å². The first kappa shape index (κ1) is 23.6. The summed E-state index contributed by atoms with van der Waals surface area (Å²) in [6, 6.07) is 25.2. The van der Waals surface area contributed by atoms with Gasteiger partial charge in [0.1, 0.15) is 22.7 Å². The second kappa shape index (κ2) is 8.83. The van der Waals surface area contributed by atoms with E-state index < -0.39 is 19.9 Å². The fourth-order valence-electron chi connectivity index (χ4n) is 3.95. The summed E-state index contributed by atoms with van der Waals surface area (Å²) in [5.74, 6) is -0.438. The minimum Gasteiger partial charge on any atom is -0.533 e. The van der Waals surface area contributed by atoms with Gasteiger partial charge in [-0.3, -0.25) is 0 Å². The SMILES string of the molecule is CC(C)(C)OC(=O)c1c(O)cccc1O[Si](c1ccccc1)(c1ccccc1)C(C)(C)C. The van der Waals surface area contributed by atoms with Crippen molar-refractivity contribution in [3.8, 4) is 11.5 Å². The Balaban J connectivity index is 2.26. The highest BCUT2D eigenvalue weighted by atomic mass is 28.4. The predicted octanol–water partition coefficient (Wildman–Crippen LogP) is 5.29. The molecule has 1 N–H and O–H groups in total. The van der Waals surface area contributed by atoms with Gasteiger partial charge in [0.25, 0.3) is 0 Å². The van der Waals surface area contributed by atoms with E-state index in [1.807, 2.05) is 36.4 Å². The summed E-state index contributed by atoms with van der Waals surface area (Å²) in [6.45, 7) is 11.9. The summed E-state index contributed by atoms with van der Waals surface area (Å²) in [5, 5.41) is 12.5. The number of carbonyl (C=O) groups is 1. The lowest BCUT2D eigenvalue weighted by molar-refractivity contribution is 0.00648. The molecule has 0 amide bonds. The first-order chi connectivity index (χ1) is 15.0. The zero-order chi connectivity index (χ0) is 23.6. The third-order valence-electron chi connectivity index (χ3n) is 5.29. The smallest absolute Gasteiger partial charge is 0.346 e. The molecule has 3 aromatic carbocycles. The average Bonchev–Trinajstić information content (AvgIpc) is 2.71. The molecule has 0 heterocycles. The van der Waals surface area contributed by atoms with E-state index in [0.29, 0.717) is 5.75 Å². The van der Waals surface area contributed by atoms with Crippen molar-refractivity contribution in [2.75, 3.05) is 0 Å². The molecule has 0 saturated carbocycles. The number of aromatic hydroxyl groups is 1. The van der Waals surface area contributed by atoms with Gasteiger partial charge in [-0.1, -0.05) is 87.5 Å². The van der Waals surface area contributed by atoms with Crippen LogP contribution in [0.5, 0.6) is 11.5 Å². The summed E-state index contributed by atoms with van der Waals surface area (Å²) < 4.78 is 12.6. The highest BCUT2D eigenvalue weighted by Crippen LogP contribution is 2.40. The standard InChI is InChI=1S/C27H32O4Si/c1-26(2,3)30-25(29)24-22(28)18-13-19-23(24)31-32(27(4,5)6,20-14-9-7-10-15-20)21-16-11-8-12-17-21/h7-19,28H,1-6H3. The van der Waals surface area contributed by atoms with Crippen molar-refractivity contribution in [2.45, 2.75) is 52.2 Å². The number of hydrogen-bond donors (Lipinski definition) is 1. The van der Waals surface area contributed by atoms with Gasteiger partial charge in [-0.25, -0.2) is 4.79 Å². The van der Waals surface area contributed by atoms with Crippen molar-refractivity contribution in [3.63, 3.8) is 0 Å². The van der Waals surface area contributed by atoms with Crippen LogP contribution >= 0.6 is 0 Å². The van der Waals surface area contributed by atoms with Crippen molar-refractivity contribution in [1.29, 1.82) is 0 Å². The van der Waals surface area contributed by atoms with Crippen molar-refractivity contribution in [2.24, 2.45) is 0 Å². The molecule has 0 aromatic heterocycles. The molecular weight excluding hydrogens is 416 g/mol. The number of carbonyl (C=O) groups excluding carboxylic acids is 1. The number of benzene rings is 3. The van der Waals surface area contributed by atoms with Gasteiger partial charge in [0.15, 0.2) is 0 Å². The Morgan fingerprint density at radius 1 is 0.750 bits per heavy atom. The maximum Gasteiger partial charge on any atom is 0.346 e. The number of phenolic OH excluding ortho intramolecular Hbond substituents is 1. The van der Waals surface area contributed by atoms with Gasteiger partial charge in [0.2, 0.25) is 0 Å². The summed E-state index contributed by atoms with van der Waals surface area (Å²) in [5.41, 5.74) is -0.649. The van der Waals surface area contributed by atoms with E-state index in [4.69, 9.17) is 9.16 Å². The Morgan fingerprint density at radius 3 is 1.69 bits per heavy atom. The number of esters is 1. The van der Waals surface area contributed by atoms with Crippen molar-refractivity contribution in [1.82, 2.24) is 0 Å². The van der Waals surface area contributed by atoms with Gasteiger partial charge < -0.3 is 14.3 Å². The van der Waals surface area contributed by atoms with Crippen LogP contribution in [0.25, 0.3) is 0 Å². The fourth-order valence-corrected chi connectivity index (χ4v) is 8.38. The van der Waals surface area contributed by atoms with Crippen molar-refractivity contribution >= 4 is 24.7 Å². The molecule has 4 nitrogen and oxygen atoms in total. The Bertz CT molecular complexity index is 1020. The lowest BCUT2D eigenvalue weighted by atomic mass is 10.1. The molecule has 0 unspecified atom stereocenters.